The van der Waals surface area contributed by atoms with Crippen LogP contribution in [-0.4, -0.2) is 0 Å². The van der Waals surface area contributed by atoms with E-state index < -0.39 is 5.41 Å². The van der Waals surface area contributed by atoms with E-state index in [1.54, 1.807) is 0 Å². The van der Waals surface area contributed by atoms with Crippen LogP contribution < -0.4 is 9.80 Å². The molecule has 0 amide bonds. The molecule has 0 atom stereocenters. The van der Waals surface area contributed by atoms with Crippen LogP contribution in [0.3, 0.4) is 0 Å². The Labute approximate surface area is 338 Å². The summed E-state index contributed by atoms with van der Waals surface area (Å²) in [5, 5.41) is 2.13. The van der Waals surface area contributed by atoms with Gasteiger partial charge in [-0.2, -0.15) is 0 Å². The van der Waals surface area contributed by atoms with E-state index in [0.717, 1.165) is 56.1 Å². The number of benzene rings is 9. The fraction of sp³-hybridized carbons (Fsp3) is 0.0182. The number of fused-ring (bicyclic) bond motifs is 6. The number of furan rings is 1. The monoisotopic (exact) mass is 742 g/mol. The maximum absolute atomic E-state index is 7.18. The molecule has 0 spiro atoms. The number of nitrogens with zero attached hydrogens (tertiary/aromatic N) is 2. The van der Waals surface area contributed by atoms with Crippen molar-refractivity contribution < 1.29 is 4.42 Å². The minimum atomic E-state index is -0.469. The normalized spacial score (nSPS) is 12.6. The molecule has 0 radical (unpaired) electrons. The lowest BCUT2D eigenvalue weighted by Crippen LogP contribution is -2.28. The van der Waals surface area contributed by atoms with Crippen LogP contribution in [0.1, 0.15) is 22.3 Å². The molecule has 1 aliphatic rings. The maximum atomic E-state index is 7.18. The molecule has 3 heteroatoms. The maximum Gasteiger partial charge on any atom is 0.159 e. The zero-order chi connectivity index (χ0) is 38.5. The highest BCUT2D eigenvalue weighted by Gasteiger charge is 2.46. The van der Waals surface area contributed by atoms with Crippen molar-refractivity contribution in [1.82, 2.24) is 0 Å². The molecule has 0 unspecified atom stereocenters. The van der Waals surface area contributed by atoms with Gasteiger partial charge in [-0.25, -0.2) is 0 Å². The van der Waals surface area contributed by atoms with Crippen LogP contribution in [0.4, 0.5) is 34.1 Å². The molecule has 0 saturated carbocycles. The number of para-hydroxylation sites is 5. The van der Waals surface area contributed by atoms with Crippen LogP contribution in [0, 0.1) is 0 Å². The van der Waals surface area contributed by atoms with E-state index in [0.29, 0.717) is 0 Å². The van der Waals surface area contributed by atoms with Crippen LogP contribution in [0.25, 0.3) is 33.1 Å². The van der Waals surface area contributed by atoms with Gasteiger partial charge >= 0.3 is 0 Å². The van der Waals surface area contributed by atoms with Crippen molar-refractivity contribution in [2.24, 2.45) is 0 Å². The molecule has 10 aromatic rings. The molecular weight excluding hydrogens is 705 g/mol. The molecule has 0 aliphatic heterocycles. The summed E-state index contributed by atoms with van der Waals surface area (Å²) in [6.45, 7) is 0. The van der Waals surface area contributed by atoms with Crippen molar-refractivity contribution >= 4 is 56.1 Å². The van der Waals surface area contributed by atoms with E-state index in [1.807, 2.05) is 0 Å². The van der Waals surface area contributed by atoms with Gasteiger partial charge in [0.25, 0.3) is 0 Å². The number of hydrogen-bond donors (Lipinski definition) is 0. The Morgan fingerprint density at radius 1 is 0.310 bits per heavy atom. The van der Waals surface area contributed by atoms with Crippen LogP contribution in [-0.2, 0) is 5.41 Å². The number of anilines is 6. The summed E-state index contributed by atoms with van der Waals surface area (Å²) in [4.78, 5) is 4.63. The van der Waals surface area contributed by atoms with Crippen molar-refractivity contribution in [2.75, 3.05) is 9.80 Å². The largest absolute Gasteiger partial charge is 0.452 e. The van der Waals surface area contributed by atoms with Gasteiger partial charge in [-0.15, -0.1) is 0 Å². The van der Waals surface area contributed by atoms with Gasteiger partial charge in [0.2, 0.25) is 0 Å². The Morgan fingerprint density at radius 3 is 1.22 bits per heavy atom. The first-order chi connectivity index (χ1) is 28.8. The van der Waals surface area contributed by atoms with Crippen LogP contribution in [0.5, 0.6) is 0 Å². The standard InChI is InChI=1S/C55H38N2O/c1-6-20-39(21-7-1)55(40-22-8-2-9-23-40)49-33-17-16-30-45(49)48-38-44(36-37-50(48)55)57(43-28-14-5-15-29-43)52-35-19-32-47-46-31-18-34-51(53(46)58-54(47)52)56(41-24-10-3-11-25-41)42-26-12-4-13-27-42/h1-38H. The van der Waals surface area contributed by atoms with Crippen LogP contribution in [0.2, 0.25) is 0 Å². The third-order valence-corrected chi connectivity index (χ3v) is 11.7. The van der Waals surface area contributed by atoms with Gasteiger partial charge in [0, 0.05) is 33.5 Å². The highest BCUT2D eigenvalue weighted by atomic mass is 16.3. The summed E-state index contributed by atoms with van der Waals surface area (Å²) in [7, 11) is 0. The van der Waals surface area contributed by atoms with Gasteiger partial charge in [0.05, 0.1) is 16.8 Å². The molecule has 0 N–H and O–H groups in total. The summed E-state index contributed by atoms with van der Waals surface area (Å²) in [6, 6.07) is 82.5. The predicted octanol–water partition coefficient (Wildman–Crippen LogP) is 14.9. The van der Waals surface area contributed by atoms with Gasteiger partial charge in [-0.3, -0.25) is 0 Å². The topological polar surface area (TPSA) is 19.6 Å². The highest BCUT2D eigenvalue weighted by Crippen LogP contribution is 2.57. The van der Waals surface area contributed by atoms with Gasteiger partial charge in [-0.1, -0.05) is 170 Å². The smallest absolute Gasteiger partial charge is 0.159 e. The average molecular weight is 743 g/mol. The van der Waals surface area contributed by atoms with Crippen LogP contribution >= 0.6 is 0 Å². The fourth-order valence-electron chi connectivity index (χ4n) is 9.30. The second-order valence-electron chi connectivity index (χ2n) is 14.8. The number of hydrogen-bond acceptors (Lipinski definition) is 3. The average Bonchev–Trinajstić information content (AvgIpc) is 3.83. The molecule has 11 rings (SSSR count). The SMILES string of the molecule is c1ccc(N(c2ccccc2)c2cccc3c2oc2c(N(c4ccccc4)c4ccc5c(c4)-c4ccccc4C5(c4ccccc4)c4ccccc4)cccc23)cc1. The van der Waals surface area contributed by atoms with E-state index in [-0.39, 0.29) is 0 Å². The lowest BCUT2D eigenvalue weighted by Gasteiger charge is -2.34. The first kappa shape index (κ1) is 33.7. The Bertz CT molecular complexity index is 2970. The minimum absolute atomic E-state index is 0.469. The molecule has 1 aromatic heterocycles. The molecule has 58 heavy (non-hydrogen) atoms. The highest BCUT2D eigenvalue weighted by molar-refractivity contribution is 6.14. The molecule has 1 aliphatic carbocycles. The van der Waals surface area contributed by atoms with Crippen molar-refractivity contribution in [3.8, 4) is 11.1 Å². The second-order valence-corrected chi connectivity index (χ2v) is 14.8. The van der Waals surface area contributed by atoms with Gasteiger partial charge < -0.3 is 14.2 Å². The summed E-state index contributed by atoms with van der Waals surface area (Å²) >= 11 is 0. The summed E-state index contributed by atoms with van der Waals surface area (Å²) in [5.41, 5.74) is 14.9. The quantitative estimate of drug-likeness (QED) is 0.155. The van der Waals surface area contributed by atoms with Gasteiger partial charge in [-0.05, 0) is 94.0 Å². The molecule has 274 valence electrons. The second kappa shape index (κ2) is 13.8. The summed E-state index contributed by atoms with van der Waals surface area (Å²) in [6.07, 6.45) is 0. The molecule has 9 aromatic carbocycles. The van der Waals surface area contributed by atoms with E-state index in [2.05, 4.69) is 240 Å². The van der Waals surface area contributed by atoms with Crippen molar-refractivity contribution in [1.29, 1.82) is 0 Å². The third kappa shape index (κ3) is 5.21. The zero-order valence-electron chi connectivity index (χ0n) is 31.7. The Kier molecular flexibility index (Phi) is 8.04. The van der Waals surface area contributed by atoms with Crippen molar-refractivity contribution in [3.05, 3.63) is 253 Å². The first-order valence-corrected chi connectivity index (χ1v) is 19.9. The molecule has 0 saturated heterocycles. The third-order valence-electron chi connectivity index (χ3n) is 11.7. The molecule has 3 nitrogen and oxygen atoms in total. The molecule has 1 heterocycles. The Morgan fingerprint density at radius 2 is 0.724 bits per heavy atom. The zero-order valence-corrected chi connectivity index (χ0v) is 31.7. The molecule has 0 bridgehead atoms. The van der Waals surface area contributed by atoms with Gasteiger partial charge in [0.15, 0.2) is 11.2 Å². The Balaban J connectivity index is 1.14. The Hall–Kier alpha value is -7.62. The fourth-order valence-corrected chi connectivity index (χ4v) is 9.30. The number of rotatable bonds is 8. The van der Waals surface area contributed by atoms with Crippen molar-refractivity contribution in [2.45, 2.75) is 5.41 Å². The molecular formula is C55H38N2O. The van der Waals surface area contributed by atoms with E-state index in [1.165, 1.54) is 33.4 Å². The lowest BCUT2D eigenvalue weighted by atomic mass is 9.68. The first-order valence-electron chi connectivity index (χ1n) is 19.9. The van der Waals surface area contributed by atoms with E-state index in [4.69, 9.17) is 4.42 Å². The lowest BCUT2D eigenvalue weighted by molar-refractivity contribution is 0.669. The van der Waals surface area contributed by atoms with Gasteiger partial charge in [0.1, 0.15) is 0 Å². The molecule has 0 fully saturated rings. The van der Waals surface area contributed by atoms with Crippen LogP contribution in [0.15, 0.2) is 235 Å². The van der Waals surface area contributed by atoms with E-state index in [9.17, 15) is 0 Å². The van der Waals surface area contributed by atoms with Crippen molar-refractivity contribution in [3.63, 3.8) is 0 Å². The minimum Gasteiger partial charge on any atom is -0.452 e. The summed E-state index contributed by atoms with van der Waals surface area (Å²) < 4.78 is 7.18. The predicted molar refractivity (Wildman–Crippen MR) is 240 cm³/mol. The van der Waals surface area contributed by atoms with E-state index >= 15 is 0 Å². The summed E-state index contributed by atoms with van der Waals surface area (Å²) in [5.74, 6) is 0.